The molecular formula is C14H15BrClNOS. The van der Waals surface area contributed by atoms with E-state index in [2.05, 4.69) is 33.4 Å². The standard InChI is InChI=1S/C14H15BrClNOS/c1-18-13-4-2-10(8-12(13)16)9-17-7-6-11-3-5-14(15)19-11/h2-5,8,17H,6-7,9H2,1H3. The summed E-state index contributed by atoms with van der Waals surface area (Å²) in [6.07, 6.45) is 1.04. The predicted molar refractivity (Wildman–Crippen MR) is 85.4 cm³/mol. The van der Waals surface area contributed by atoms with Crippen molar-refractivity contribution < 1.29 is 4.74 Å². The van der Waals surface area contributed by atoms with E-state index in [1.165, 1.54) is 8.66 Å². The van der Waals surface area contributed by atoms with Crippen molar-refractivity contribution in [2.75, 3.05) is 13.7 Å². The number of benzene rings is 1. The molecule has 0 radical (unpaired) electrons. The van der Waals surface area contributed by atoms with Crippen molar-refractivity contribution in [3.05, 3.63) is 49.6 Å². The van der Waals surface area contributed by atoms with Gasteiger partial charge in [0.05, 0.1) is 15.9 Å². The Balaban J connectivity index is 1.78. The minimum atomic E-state index is 0.656. The molecule has 102 valence electrons. The molecular weight excluding hydrogens is 346 g/mol. The summed E-state index contributed by atoms with van der Waals surface area (Å²) in [6, 6.07) is 10.1. The van der Waals surface area contributed by atoms with Crippen LogP contribution in [-0.4, -0.2) is 13.7 Å². The molecule has 0 fully saturated rings. The second-order valence-electron chi connectivity index (χ2n) is 4.10. The molecule has 2 nitrogen and oxygen atoms in total. The lowest BCUT2D eigenvalue weighted by Crippen LogP contribution is -2.16. The molecule has 0 aliphatic rings. The molecule has 0 spiro atoms. The summed E-state index contributed by atoms with van der Waals surface area (Å²) in [5.41, 5.74) is 1.16. The minimum absolute atomic E-state index is 0.656. The third kappa shape index (κ3) is 4.49. The number of ether oxygens (including phenoxy) is 1. The van der Waals surface area contributed by atoms with Gasteiger partial charge in [-0.1, -0.05) is 17.7 Å². The largest absolute Gasteiger partial charge is 0.495 e. The van der Waals surface area contributed by atoms with Gasteiger partial charge in [-0.25, -0.2) is 0 Å². The van der Waals surface area contributed by atoms with E-state index in [0.717, 1.165) is 25.1 Å². The minimum Gasteiger partial charge on any atom is -0.495 e. The summed E-state index contributed by atoms with van der Waals surface area (Å²) >= 11 is 11.3. The molecule has 2 rings (SSSR count). The number of methoxy groups -OCH3 is 1. The number of hydrogen-bond donors (Lipinski definition) is 1. The van der Waals surface area contributed by atoms with Gasteiger partial charge in [-0.3, -0.25) is 0 Å². The highest BCUT2D eigenvalue weighted by molar-refractivity contribution is 9.11. The van der Waals surface area contributed by atoms with Crippen LogP contribution in [0.3, 0.4) is 0 Å². The number of thiophene rings is 1. The molecule has 0 aliphatic heterocycles. The summed E-state index contributed by atoms with van der Waals surface area (Å²) in [7, 11) is 1.62. The Morgan fingerprint density at radius 3 is 2.79 bits per heavy atom. The second kappa shape index (κ2) is 7.29. The van der Waals surface area contributed by atoms with Gasteiger partial charge in [0.15, 0.2) is 0 Å². The first-order valence-corrected chi connectivity index (χ1v) is 7.95. The van der Waals surface area contributed by atoms with Crippen LogP contribution in [0.2, 0.25) is 5.02 Å². The van der Waals surface area contributed by atoms with E-state index in [9.17, 15) is 0 Å². The Morgan fingerprint density at radius 2 is 2.16 bits per heavy atom. The molecule has 2 aromatic rings. The van der Waals surface area contributed by atoms with Crippen LogP contribution < -0.4 is 10.1 Å². The van der Waals surface area contributed by atoms with Crippen LogP contribution >= 0.6 is 38.9 Å². The number of nitrogens with one attached hydrogen (secondary N) is 1. The maximum absolute atomic E-state index is 6.08. The highest BCUT2D eigenvalue weighted by atomic mass is 79.9. The highest BCUT2D eigenvalue weighted by Crippen LogP contribution is 2.25. The zero-order valence-corrected chi connectivity index (χ0v) is 13.7. The molecule has 0 unspecified atom stereocenters. The van der Waals surface area contributed by atoms with Crippen LogP contribution in [0.1, 0.15) is 10.4 Å². The summed E-state index contributed by atoms with van der Waals surface area (Å²) in [5, 5.41) is 4.07. The van der Waals surface area contributed by atoms with Crippen LogP contribution in [0, 0.1) is 0 Å². The average molecular weight is 361 g/mol. The fourth-order valence-electron chi connectivity index (χ4n) is 1.75. The summed E-state index contributed by atoms with van der Waals surface area (Å²) in [4.78, 5) is 1.38. The Kier molecular flexibility index (Phi) is 5.70. The summed E-state index contributed by atoms with van der Waals surface area (Å²) < 4.78 is 6.32. The molecule has 0 saturated carbocycles. The van der Waals surface area contributed by atoms with Crippen molar-refractivity contribution in [3.63, 3.8) is 0 Å². The van der Waals surface area contributed by atoms with Gasteiger partial charge in [-0.15, -0.1) is 11.3 Å². The van der Waals surface area contributed by atoms with Crippen LogP contribution in [-0.2, 0) is 13.0 Å². The predicted octanol–water partition coefficient (Wildman–Crippen LogP) is 4.50. The molecule has 0 aliphatic carbocycles. The first kappa shape index (κ1) is 14.9. The van der Waals surface area contributed by atoms with Gasteiger partial charge in [0.1, 0.15) is 5.75 Å². The van der Waals surface area contributed by atoms with Gasteiger partial charge in [-0.2, -0.15) is 0 Å². The molecule has 0 atom stereocenters. The van der Waals surface area contributed by atoms with Gasteiger partial charge in [0.25, 0.3) is 0 Å². The quantitative estimate of drug-likeness (QED) is 0.766. The molecule has 0 amide bonds. The topological polar surface area (TPSA) is 21.3 Å². The number of rotatable bonds is 6. The molecule has 0 bridgehead atoms. The van der Waals surface area contributed by atoms with Gasteiger partial charge in [-0.05, 0) is 52.2 Å². The molecule has 1 heterocycles. The summed E-state index contributed by atoms with van der Waals surface area (Å²) in [6.45, 7) is 1.77. The Morgan fingerprint density at radius 1 is 1.32 bits per heavy atom. The summed E-state index contributed by atoms with van der Waals surface area (Å²) in [5.74, 6) is 0.717. The van der Waals surface area contributed by atoms with Crippen LogP contribution in [0.5, 0.6) is 5.75 Å². The van der Waals surface area contributed by atoms with Crippen molar-refractivity contribution in [1.82, 2.24) is 5.32 Å². The lowest BCUT2D eigenvalue weighted by atomic mass is 10.2. The lowest BCUT2D eigenvalue weighted by molar-refractivity contribution is 0.415. The van der Waals surface area contributed by atoms with Crippen LogP contribution in [0.25, 0.3) is 0 Å². The van der Waals surface area contributed by atoms with E-state index in [1.54, 1.807) is 18.4 Å². The molecule has 1 aromatic heterocycles. The van der Waals surface area contributed by atoms with E-state index >= 15 is 0 Å². The van der Waals surface area contributed by atoms with Crippen molar-refractivity contribution in [1.29, 1.82) is 0 Å². The zero-order chi connectivity index (χ0) is 13.7. The van der Waals surface area contributed by atoms with E-state index < -0.39 is 0 Å². The van der Waals surface area contributed by atoms with Crippen LogP contribution in [0.4, 0.5) is 0 Å². The van der Waals surface area contributed by atoms with Gasteiger partial charge < -0.3 is 10.1 Å². The SMILES string of the molecule is COc1ccc(CNCCc2ccc(Br)s2)cc1Cl. The molecule has 1 aromatic carbocycles. The third-order valence-corrected chi connectivity index (χ3v) is 4.70. The first-order valence-electron chi connectivity index (χ1n) is 5.96. The smallest absolute Gasteiger partial charge is 0.137 e. The van der Waals surface area contributed by atoms with Crippen molar-refractivity contribution >= 4 is 38.9 Å². The maximum Gasteiger partial charge on any atom is 0.137 e. The fraction of sp³-hybridized carbons (Fsp3) is 0.286. The van der Waals surface area contributed by atoms with E-state index in [1.807, 2.05) is 18.2 Å². The van der Waals surface area contributed by atoms with Gasteiger partial charge in [0.2, 0.25) is 0 Å². The lowest BCUT2D eigenvalue weighted by Gasteiger charge is -2.07. The Labute approximate surface area is 130 Å². The number of hydrogen-bond acceptors (Lipinski definition) is 3. The maximum atomic E-state index is 6.08. The zero-order valence-electron chi connectivity index (χ0n) is 10.6. The van der Waals surface area contributed by atoms with Gasteiger partial charge in [0, 0.05) is 18.0 Å². The van der Waals surface area contributed by atoms with Crippen molar-refractivity contribution in [3.8, 4) is 5.75 Å². The highest BCUT2D eigenvalue weighted by Gasteiger charge is 2.02. The third-order valence-electron chi connectivity index (χ3n) is 2.72. The Bertz CT molecular complexity index is 544. The van der Waals surface area contributed by atoms with Gasteiger partial charge >= 0.3 is 0 Å². The van der Waals surface area contributed by atoms with E-state index in [4.69, 9.17) is 16.3 Å². The second-order valence-corrected chi connectivity index (χ2v) is 7.06. The first-order chi connectivity index (χ1) is 9.19. The molecule has 19 heavy (non-hydrogen) atoms. The monoisotopic (exact) mass is 359 g/mol. The van der Waals surface area contributed by atoms with Crippen molar-refractivity contribution in [2.45, 2.75) is 13.0 Å². The molecule has 1 N–H and O–H groups in total. The van der Waals surface area contributed by atoms with E-state index in [0.29, 0.717) is 10.8 Å². The molecule has 5 heteroatoms. The average Bonchev–Trinajstić information content (AvgIpc) is 2.81. The fourth-order valence-corrected chi connectivity index (χ4v) is 3.51. The molecule has 0 saturated heterocycles. The van der Waals surface area contributed by atoms with E-state index in [-0.39, 0.29) is 0 Å². The van der Waals surface area contributed by atoms with Crippen molar-refractivity contribution in [2.24, 2.45) is 0 Å². The Hall–Kier alpha value is -0.550. The normalized spacial score (nSPS) is 10.7. The number of halogens is 2. The van der Waals surface area contributed by atoms with Crippen LogP contribution in [0.15, 0.2) is 34.1 Å².